The van der Waals surface area contributed by atoms with Crippen LogP contribution in [-0.4, -0.2) is 5.78 Å². The third kappa shape index (κ3) is 1.83. The van der Waals surface area contributed by atoms with Gasteiger partial charge < -0.3 is 0 Å². The van der Waals surface area contributed by atoms with Gasteiger partial charge in [0, 0.05) is 12.3 Å². The molecular weight excluding hydrogens is 124 g/mol. The molecule has 0 amide bonds. The fourth-order valence-corrected chi connectivity index (χ4v) is 1.48. The van der Waals surface area contributed by atoms with Crippen molar-refractivity contribution >= 4 is 5.78 Å². The van der Waals surface area contributed by atoms with Crippen LogP contribution in [0.5, 0.6) is 0 Å². The molecule has 1 radical (unpaired) electrons. The van der Waals surface area contributed by atoms with E-state index in [1.165, 1.54) is 18.8 Å². The molecule has 1 rings (SSSR count). The van der Waals surface area contributed by atoms with Crippen molar-refractivity contribution in [2.75, 3.05) is 0 Å². The summed E-state index contributed by atoms with van der Waals surface area (Å²) in [6, 6.07) is 0. The molecule has 0 unspecified atom stereocenters. The van der Waals surface area contributed by atoms with Crippen molar-refractivity contribution in [2.45, 2.75) is 45.4 Å². The van der Waals surface area contributed by atoms with E-state index in [-0.39, 0.29) is 0 Å². The van der Waals surface area contributed by atoms with Gasteiger partial charge in [-0.3, -0.25) is 4.79 Å². The number of Topliss-reactive ketones (excluding diaryl/α,β-unsaturated/α-hetero) is 1. The molecule has 10 heavy (non-hydrogen) atoms. The lowest BCUT2D eigenvalue weighted by atomic mass is 9.99. The van der Waals surface area contributed by atoms with Gasteiger partial charge in [0.2, 0.25) is 0 Å². The monoisotopic (exact) mass is 139 g/mol. The van der Waals surface area contributed by atoms with Gasteiger partial charge in [-0.05, 0) is 19.3 Å². The van der Waals surface area contributed by atoms with Crippen molar-refractivity contribution in [2.24, 2.45) is 0 Å². The Balaban J connectivity index is 2.25. The maximum Gasteiger partial charge on any atom is 0.140 e. The average Bonchev–Trinajstić information content (AvgIpc) is 2.38. The van der Waals surface area contributed by atoms with Gasteiger partial charge >= 0.3 is 0 Å². The number of hydrogen-bond acceptors (Lipinski definition) is 1. The highest BCUT2D eigenvalue weighted by atomic mass is 16.1. The predicted molar refractivity (Wildman–Crippen MR) is 41.6 cm³/mol. The van der Waals surface area contributed by atoms with Crippen molar-refractivity contribution in [1.82, 2.24) is 0 Å². The maximum absolute atomic E-state index is 11.2. The highest BCUT2D eigenvalue weighted by molar-refractivity contribution is 5.92. The highest BCUT2D eigenvalue weighted by Crippen LogP contribution is 2.28. The molecule has 57 valence electrons. The van der Waals surface area contributed by atoms with Crippen LogP contribution in [0.1, 0.15) is 45.4 Å². The Morgan fingerprint density at radius 1 is 1.40 bits per heavy atom. The molecule has 0 aromatic carbocycles. The largest absolute Gasteiger partial charge is 0.299 e. The second-order valence-electron chi connectivity index (χ2n) is 2.98. The van der Waals surface area contributed by atoms with Gasteiger partial charge in [0.1, 0.15) is 5.78 Å². The Bertz CT molecular complexity index is 112. The molecule has 1 heteroatoms. The maximum atomic E-state index is 11.2. The van der Waals surface area contributed by atoms with E-state index < -0.39 is 0 Å². The van der Waals surface area contributed by atoms with Crippen molar-refractivity contribution in [3.8, 4) is 0 Å². The first-order chi connectivity index (χ1) is 4.84. The summed E-state index contributed by atoms with van der Waals surface area (Å²) in [4.78, 5) is 11.2. The molecule has 1 aliphatic rings. The smallest absolute Gasteiger partial charge is 0.140 e. The molecule has 0 saturated heterocycles. The summed E-state index contributed by atoms with van der Waals surface area (Å²) in [6.45, 7) is 2.06. The molecule has 0 aromatic heterocycles. The number of carbonyl (C=O) groups is 1. The molecule has 1 aliphatic carbocycles. The second kappa shape index (κ2) is 3.75. The van der Waals surface area contributed by atoms with E-state index in [0.717, 1.165) is 25.7 Å². The van der Waals surface area contributed by atoms with Crippen molar-refractivity contribution < 1.29 is 4.79 Å². The molecule has 0 bridgehead atoms. The summed E-state index contributed by atoms with van der Waals surface area (Å²) < 4.78 is 0. The molecule has 1 fully saturated rings. The van der Waals surface area contributed by atoms with Crippen LogP contribution in [0.15, 0.2) is 0 Å². The summed E-state index contributed by atoms with van der Waals surface area (Å²) in [5.41, 5.74) is 0. The molecule has 0 N–H and O–H groups in total. The topological polar surface area (TPSA) is 17.1 Å². The highest BCUT2D eigenvalue weighted by Gasteiger charge is 2.21. The van der Waals surface area contributed by atoms with Crippen molar-refractivity contribution in [1.29, 1.82) is 0 Å². The lowest BCUT2D eigenvalue weighted by molar-refractivity contribution is -0.117. The van der Waals surface area contributed by atoms with E-state index in [4.69, 9.17) is 0 Å². The average molecular weight is 139 g/mol. The van der Waals surface area contributed by atoms with E-state index >= 15 is 0 Å². The first kappa shape index (κ1) is 7.77. The van der Waals surface area contributed by atoms with E-state index in [0.29, 0.717) is 5.78 Å². The number of hydrogen-bond donors (Lipinski definition) is 0. The van der Waals surface area contributed by atoms with Crippen LogP contribution in [-0.2, 0) is 4.79 Å². The first-order valence-corrected chi connectivity index (χ1v) is 4.22. The zero-order chi connectivity index (χ0) is 7.40. The number of ketones is 1. The van der Waals surface area contributed by atoms with Gasteiger partial charge in [0.25, 0.3) is 0 Å². The molecular formula is C9H15O. The van der Waals surface area contributed by atoms with E-state index in [1.54, 1.807) is 0 Å². The summed E-state index contributed by atoms with van der Waals surface area (Å²) in [6.07, 6.45) is 6.42. The molecule has 1 nitrogen and oxygen atoms in total. The molecule has 0 atom stereocenters. The second-order valence-corrected chi connectivity index (χ2v) is 2.98. The molecule has 0 heterocycles. The van der Waals surface area contributed by atoms with Crippen LogP contribution >= 0.6 is 0 Å². The van der Waals surface area contributed by atoms with Crippen LogP contribution in [0.25, 0.3) is 0 Å². The lowest BCUT2D eigenvalue weighted by Gasteiger charge is -2.03. The Labute approximate surface area is 62.8 Å². The van der Waals surface area contributed by atoms with Crippen LogP contribution in [0.3, 0.4) is 0 Å². The Morgan fingerprint density at radius 3 is 2.50 bits per heavy atom. The standard InChI is InChI=1S/C9H15O/c1-2-5-9(10)8-6-3-4-7-8/h2-7H2,1H3. The predicted octanol–water partition coefficient (Wildman–Crippen LogP) is 2.50. The minimum Gasteiger partial charge on any atom is -0.299 e. The SMILES string of the molecule is CCCC(=O)[C]1CCCC1. The molecule has 1 saturated carbocycles. The minimum atomic E-state index is 0.431. The van der Waals surface area contributed by atoms with E-state index in [9.17, 15) is 4.79 Å². The van der Waals surface area contributed by atoms with Gasteiger partial charge in [0.15, 0.2) is 0 Å². The van der Waals surface area contributed by atoms with Gasteiger partial charge in [-0.1, -0.05) is 19.8 Å². The summed E-state index contributed by atoms with van der Waals surface area (Å²) in [7, 11) is 0. The van der Waals surface area contributed by atoms with Crippen LogP contribution < -0.4 is 0 Å². The Kier molecular flexibility index (Phi) is 2.91. The summed E-state index contributed by atoms with van der Waals surface area (Å²) in [5.74, 6) is 1.64. The third-order valence-electron chi connectivity index (χ3n) is 2.08. The van der Waals surface area contributed by atoms with Crippen LogP contribution in [0.2, 0.25) is 0 Å². The molecule has 0 aliphatic heterocycles. The fraction of sp³-hybridized carbons (Fsp3) is 0.778. The van der Waals surface area contributed by atoms with E-state index in [1.807, 2.05) is 0 Å². The van der Waals surface area contributed by atoms with Crippen LogP contribution in [0.4, 0.5) is 0 Å². The number of rotatable bonds is 3. The molecule has 0 aromatic rings. The van der Waals surface area contributed by atoms with E-state index in [2.05, 4.69) is 6.92 Å². The lowest BCUT2D eigenvalue weighted by Crippen LogP contribution is -2.06. The Hall–Kier alpha value is -0.330. The summed E-state index contributed by atoms with van der Waals surface area (Å²) >= 11 is 0. The van der Waals surface area contributed by atoms with Crippen molar-refractivity contribution in [3.63, 3.8) is 0 Å². The van der Waals surface area contributed by atoms with Gasteiger partial charge in [-0.25, -0.2) is 0 Å². The van der Waals surface area contributed by atoms with Gasteiger partial charge in [-0.2, -0.15) is 0 Å². The quantitative estimate of drug-likeness (QED) is 0.587. The first-order valence-electron chi connectivity index (χ1n) is 4.22. The zero-order valence-corrected chi connectivity index (χ0v) is 6.65. The summed E-state index contributed by atoms with van der Waals surface area (Å²) in [5, 5.41) is 0. The van der Waals surface area contributed by atoms with Gasteiger partial charge in [-0.15, -0.1) is 0 Å². The van der Waals surface area contributed by atoms with Crippen molar-refractivity contribution in [3.05, 3.63) is 5.92 Å². The van der Waals surface area contributed by atoms with Crippen LogP contribution in [0, 0.1) is 5.92 Å². The number of carbonyl (C=O) groups excluding carboxylic acids is 1. The fourth-order valence-electron chi connectivity index (χ4n) is 1.48. The van der Waals surface area contributed by atoms with Gasteiger partial charge in [0.05, 0.1) is 0 Å². The third-order valence-corrected chi connectivity index (χ3v) is 2.08. The zero-order valence-electron chi connectivity index (χ0n) is 6.65. The minimum absolute atomic E-state index is 0.431. The normalized spacial score (nSPS) is 19.7. The molecule has 0 spiro atoms. The Morgan fingerprint density at radius 2 is 2.00 bits per heavy atom.